The summed E-state index contributed by atoms with van der Waals surface area (Å²) in [6, 6.07) is 9.95. The largest absolute Gasteiger partial charge is 0.493 e. The molecule has 0 radical (unpaired) electrons. The molecule has 1 N–H and O–H groups in total. The molecule has 1 saturated heterocycles. The number of ether oxygens (including phenoxy) is 4. The SMILES string of the molecule is COc1ccc(CCCN2CCCC(CN3CCc4cc(OC)c(OC)cc4NC3=O)C2)cc1OC. The number of carbonyl (C=O) groups is 1. The Bertz CT molecular complexity index is 1040. The van der Waals surface area contributed by atoms with Crippen LogP contribution >= 0.6 is 0 Å². The summed E-state index contributed by atoms with van der Waals surface area (Å²) in [5.74, 6) is 3.34. The van der Waals surface area contributed by atoms with E-state index in [0.717, 1.165) is 74.6 Å². The predicted molar refractivity (Wildman–Crippen MR) is 141 cm³/mol. The number of rotatable bonds is 10. The fourth-order valence-corrected chi connectivity index (χ4v) is 5.33. The summed E-state index contributed by atoms with van der Waals surface area (Å²) < 4.78 is 21.6. The van der Waals surface area contributed by atoms with Crippen LogP contribution in [0.2, 0.25) is 0 Å². The van der Waals surface area contributed by atoms with Gasteiger partial charge in [0.1, 0.15) is 0 Å². The fourth-order valence-electron chi connectivity index (χ4n) is 5.33. The number of piperidine rings is 1. The molecule has 36 heavy (non-hydrogen) atoms. The number of likely N-dealkylation sites (tertiary alicyclic amines) is 1. The number of hydrogen-bond donors (Lipinski definition) is 1. The van der Waals surface area contributed by atoms with E-state index in [4.69, 9.17) is 18.9 Å². The third-order valence-electron chi connectivity index (χ3n) is 7.26. The van der Waals surface area contributed by atoms with Crippen LogP contribution in [-0.4, -0.2) is 77.0 Å². The molecule has 0 bridgehead atoms. The molecule has 8 nitrogen and oxygen atoms in total. The molecule has 1 fully saturated rings. The summed E-state index contributed by atoms with van der Waals surface area (Å²) in [7, 11) is 6.57. The smallest absolute Gasteiger partial charge is 0.321 e. The highest BCUT2D eigenvalue weighted by Gasteiger charge is 2.27. The Morgan fingerprint density at radius 1 is 0.917 bits per heavy atom. The number of nitrogens with zero attached hydrogens (tertiary/aromatic N) is 2. The summed E-state index contributed by atoms with van der Waals surface area (Å²) in [4.78, 5) is 17.5. The van der Waals surface area contributed by atoms with Crippen LogP contribution in [0.4, 0.5) is 10.5 Å². The van der Waals surface area contributed by atoms with Crippen molar-refractivity contribution in [2.45, 2.75) is 32.1 Å². The lowest BCUT2D eigenvalue weighted by Crippen LogP contribution is -2.44. The van der Waals surface area contributed by atoms with Crippen molar-refractivity contribution in [2.24, 2.45) is 5.92 Å². The van der Waals surface area contributed by atoms with E-state index in [9.17, 15) is 4.79 Å². The summed E-state index contributed by atoms with van der Waals surface area (Å²) in [6.45, 7) is 4.69. The Kier molecular flexibility index (Phi) is 8.80. The second-order valence-corrected chi connectivity index (χ2v) is 9.59. The molecule has 196 valence electrons. The van der Waals surface area contributed by atoms with Crippen LogP contribution in [0.25, 0.3) is 0 Å². The van der Waals surface area contributed by atoms with Crippen LogP contribution < -0.4 is 24.3 Å². The summed E-state index contributed by atoms with van der Waals surface area (Å²) in [5, 5.41) is 3.09. The maximum atomic E-state index is 13.0. The predicted octanol–water partition coefficient (Wildman–Crippen LogP) is 4.46. The lowest BCUT2D eigenvalue weighted by molar-refractivity contribution is 0.141. The first-order valence-electron chi connectivity index (χ1n) is 12.8. The first kappa shape index (κ1) is 25.9. The van der Waals surface area contributed by atoms with Gasteiger partial charge >= 0.3 is 6.03 Å². The van der Waals surface area contributed by atoms with E-state index in [1.807, 2.05) is 23.1 Å². The number of amides is 2. The van der Waals surface area contributed by atoms with Crippen LogP contribution in [0.1, 0.15) is 30.4 Å². The molecule has 4 rings (SSSR count). The second-order valence-electron chi connectivity index (χ2n) is 9.59. The van der Waals surface area contributed by atoms with Gasteiger partial charge in [0.2, 0.25) is 0 Å². The van der Waals surface area contributed by atoms with Gasteiger partial charge in [0, 0.05) is 31.4 Å². The summed E-state index contributed by atoms with van der Waals surface area (Å²) >= 11 is 0. The van der Waals surface area contributed by atoms with Crippen LogP contribution in [0.15, 0.2) is 30.3 Å². The van der Waals surface area contributed by atoms with Crippen LogP contribution in [0, 0.1) is 5.92 Å². The van der Waals surface area contributed by atoms with Gasteiger partial charge in [0.15, 0.2) is 23.0 Å². The zero-order valence-corrected chi connectivity index (χ0v) is 22.0. The molecule has 0 saturated carbocycles. The molecule has 2 amide bonds. The maximum Gasteiger partial charge on any atom is 0.321 e. The maximum absolute atomic E-state index is 13.0. The van der Waals surface area contributed by atoms with Gasteiger partial charge in [-0.15, -0.1) is 0 Å². The number of aryl methyl sites for hydroxylation is 1. The van der Waals surface area contributed by atoms with E-state index in [1.54, 1.807) is 28.4 Å². The molecule has 2 heterocycles. The molecule has 1 unspecified atom stereocenters. The number of nitrogens with one attached hydrogen (secondary N) is 1. The van der Waals surface area contributed by atoms with E-state index in [-0.39, 0.29) is 6.03 Å². The molecule has 2 aromatic rings. The Labute approximate surface area is 214 Å². The van der Waals surface area contributed by atoms with Gasteiger partial charge < -0.3 is 34.1 Å². The molecule has 1 atom stereocenters. The van der Waals surface area contributed by atoms with Crippen molar-refractivity contribution in [3.63, 3.8) is 0 Å². The molecular formula is C28H39N3O5. The van der Waals surface area contributed by atoms with E-state index >= 15 is 0 Å². The number of fused-ring (bicyclic) bond motifs is 1. The quantitative estimate of drug-likeness (QED) is 0.523. The van der Waals surface area contributed by atoms with Gasteiger partial charge in [-0.25, -0.2) is 4.79 Å². The van der Waals surface area contributed by atoms with Crippen molar-refractivity contribution < 1.29 is 23.7 Å². The first-order valence-corrected chi connectivity index (χ1v) is 12.8. The van der Waals surface area contributed by atoms with Gasteiger partial charge in [0.05, 0.1) is 28.4 Å². The molecule has 2 aliphatic rings. The van der Waals surface area contributed by atoms with Crippen LogP contribution in [-0.2, 0) is 12.8 Å². The van der Waals surface area contributed by atoms with Crippen molar-refractivity contribution in [2.75, 3.05) is 66.5 Å². The number of hydrogen-bond acceptors (Lipinski definition) is 6. The summed E-state index contributed by atoms with van der Waals surface area (Å²) in [6.07, 6.45) is 5.21. The van der Waals surface area contributed by atoms with Crippen molar-refractivity contribution in [3.05, 3.63) is 41.5 Å². The van der Waals surface area contributed by atoms with Crippen molar-refractivity contribution in [1.82, 2.24) is 9.80 Å². The molecule has 0 aliphatic carbocycles. The lowest BCUT2D eigenvalue weighted by atomic mass is 9.97. The average molecular weight is 498 g/mol. The average Bonchev–Trinajstić information content (AvgIpc) is 3.05. The highest BCUT2D eigenvalue weighted by atomic mass is 16.5. The fraction of sp³-hybridized carbons (Fsp3) is 0.536. The highest BCUT2D eigenvalue weighted by Crippen LogP contribution is 2.35. The Hall–Kier alpha value is -3.13. The van der Waals surface area contributed by atoms with Gasteiger partial charge in [0.25, 0.3) is 0 Å². The molecule has 2 aliphatic heterocycles. The molecule has 0 spiro atoms. The van der Waals surface area contributed by atoms with Crippen molar-refractivity contribution in [3.8, 4) is 23.0 Å². The Morgan fingerprint density at radius 2 is 1.64 bits per heavy atom. The second kappa shape index (κ2) is 12.2. The molecule has 8 heteroatoms. The number of carbonyl (C=O) groups excluding carboxylic acids is 1. The standard InChI is InChI=1S/C28H39N3O5/c1-33-24-10-9-20(15-25(24)34-2)7-5-12-30-13-6-8-21(18-30)19-31-14-11-22-16-26(35-3)27(36-4)17-23(22)29-28(31)32/h9-10,15-17,21H,5-8,11-14,18-19H2,1-4H3,(H,29,32). The van der Waals surface area contributed by atoms with Crippen LogP contribution in [0.5, 0.6) is 23.0 Å². The molecular weight excluding hydrogens is 458 g/mol. The lowest BCUT2D eigenvalue weighted by Gasteiger charge is -2.35. The monoisotopic (exact) mass is 497 g/mol. The third kappa shape index (κ3) is 6.16. The van der Waals surface area contributed by atoms with E-state index < -0.39 is 0 Å². The highest BCUT2D eigenvalue weighted by molar-refractivity contribution is 5.91. The minimum absolute atomic E-state index is 0.0356. The van der Waals surface area contributed by atoms with Gasteiger partial charge in [-0.1, -0.05) is 6.07 Å². The zero-order chi connectivity index (χ0) is 25.5. The third-order valence-corrected chi connectivity index (χ3v) is 7.26. The number of anilines is 1. The minimum atomic E-state index is -0.0356. The zero-order valence-electron chi connectivity index (χ0n) is 22.0. The van der Waals surface area contributed by atoms with Gasteiger partial charge in [-0.05, 0) is 80.4 Å². The number of methoxy groups -OCH3 is 4. The van der Waals surface area contributed by atoms with E-state index in [1.165, 1.54) is 12.0 Å². The summed E-state index contributed by atoms with van der Waals surface area (Å²) in [5.41, 5.74) is 3.14. The Morgan fingerprint density at radius 3 is 2.39 bits per heavy atom. The number of urea groups is 1. The van der Waals surface area contributed by atoms with Crippen molar-refractivity contribution >= 4 is 11.7 Å². The van der Waals surface area contributed by atoms with Gasteiger partial charge in [-0.2, -0.15) is 0 Å². The number of benzene rings is 2. The normalized spacial score (nSPS) is 18.2. The van der Waals surface area contributed by atoms with E-state index in [0.29, 0.717) is 24.0 Å². The molecule has 0 aromatic heterocycles. The van der Waals surface area contributed by atoms with Gasteiger partial charge in [-0.3, -0.25) is 0 Å². The van der Waals surface area contributed by atoms with Crippen molar-refractivity contribution in [1.29, 1.82) is 0 Å². The first-order chi connectivity index (χ1) is 17.5. The van der Waals surface area contributed by atoms with Crippen LogP contribution in [0.3, 0.4) is 0 Å². The van der Waals surface area contributed by atoms with E-state index in [2.05, 4.69) is 22.3 Å². The minimum Gasteiger partial charge on any atom is -0.493 e. The molecule has 2 aromatic carbocycles. The Balaban J connectivity index is 1.29. The topological polar surface area (TPSA) is 72.5 Å².